The molecule has 0 fully saturated rings. The van der Waals surface area contributed by atoms with Gasteiger partial charge in [-0.25, -0.2) is 0 Å². The molecule has 0 bridgehead atoms. The summed E-state index contributed by atoms with van der Waals surface area (Å²) in [4.78, 5) is 3.01. The lowest BCUT2D eigenvalue weighted by molar-refractivity contribution is 0.494. The quantitative estimate of drug-likeness (QED) is 0.481. The van der Waals surface area contributed by atoms with Crippen LogP contribution in [0, 0.1) is 0 Å². The smallest absolute Gasteiger partial charge is 0.125 e. The number of hydrogen-bond donors (Lipinski definition) is 1. The predicted molar refractivity (Wildman–Crippen MR) is 38.7 cm³/mol. The van der Waals surface area contributed by atoms with Gasteiger partial charge in [-0.15, -0.1) is 0 Å². The highest BCUT2D eigenvalue weighted by molar-refractivity contribution is 8.11. The minimum absolute atomic E-state index is 0.219. The summed E-state index contributed by atoms with van der Waals surface area (Å²) in [5.41, 5.74) is 0. The fraction of sp³-hybridized carbons (Fsp3) is 0.500. The molecule has 0 aliphatic carbocycles. The zero-order valence-corrected chi connectivity index (χ0v) is 5.83. The highest BCUT2D eigenvalue weighted by Gasteiger charge is 2.06. The van der Waals surface area contributed by atoms with Crippen LogP contribution in [0.15, 0.2) is 4.40 Å². The number of nitrogens with zero attached hydrogens (tertiary/aromatic N) is 2. The van der Waals surface area contributed by atoms with Crippen molar-refractivity contribution < 1.29 is 0 Å². The molecule has 1 heterocycles. The van der Waals surface area contributed by atoms with Crippen molar-refractivity contribution in [3.8, 4) is 0 Å². The molecule has 1 N–H and O–H groups in total. The van der Waals surface area contributed by atoms with Gasteiger partial charge in [0.15, 0.2) is 0 Å². The number of amidine groups is 1. The molecule has 0 aromatic carbocycles. The van der Waals surface area contributed by atoms with Gasteiger partial charge in [0.25, 0.3) is 0 Å². The van der Waals surface area contributed by atoms with Crippen LogP contribution in [-0.4, -0.2) is 23.8 Å². The molecule has 1 rings (SSSR count). The molecule has 0 saturated heterocycles. The predicted octanol–water partition coefficient (Wildman–Crippen LogP) is 0.386. The Hall–Kier alpha value is -0.350. The summed E-state index contributed by atoms with van der Waals surface area (Å²) in [5, 5.41) is 1.87. The normalized spacial score (nSPS) is 28.5. The number of rotatable bonds is 0. The molecule has 0 saturated carbocycles. The van der Waals surface area contributed by atoms with Gasteiger partial charge in [0.1, 0.15) is 5.84 Å². The first-order valence-electron chi connectivity index (χ1n) is 2.29. The Morgan fingerprint density at radius 3 is 2.62 bits per heavy atom. The van der Waals surface area contributed by atoms with E-state index in [1.165, 1.54) is 0 Å². The van der Waals surface area contributed by atoms with E-state index in [1.807, 2.05) is 19.0 Å². The second-order valence-corrected chi connectivity index (χ2v) is 2.75. The third kappa shape index (κ3) is 0.900. The van der Waals surface area contributed by atoms with Gasteiger partial charge in [-0.2, -0.15) is 9.23 Å². The first kappa shape index (κ1) is 5.78. The molecule has 8 heavy (non-hydrogen) atoms. The van der Waals surface area contributed by atoms with Crippen LogP contribution in [0.2, 0.25) is 0 Å². The molecule has 0 aromatic heterocycles. The van der Waals surface area contributed by atoms with Gasteiger partial charge < -0.3 is 0 Å². The van der Waals surface area contributed by atoms with Crippen molar-refractivity contribution in [3.63, 3.8) is 0 Å². The van der Waals surface area contributed by atoms with E-state index in [2.05, 4.69) is 15.1 Å². The Kier molecular flexibility index (Phi) is 1.35. The van der Waals surface area contributed by atoms with Crippen LogP contribution in [0.4, 0.5) is 0 Å². The average Bonchev–Trinajstić information content (AvgIpc) is 1.85. The van der Waals surface area contributed by atoms with Crippen molar-refractivity contribution in [1.82, 2.24) is 9.84 Å². The molecule has 4 heteroatoms. The molecule has 0 aromatic rings. The Bertz CT molecular complexity index is 151. The zero-order chi connectivity index (χ0) is 6.15. The van der Waals surface area contributed by atoms with E-state index in [9.17, 15) is 0 Å². The number of nitrogens with one attached hydrogen (secondary N) is 1. The topological polar surface area (TPSA) is 27.6 Å². The molecular weight excluding hydrogens is 122 g/mol. The standard InChI is InChI=1S/C4H9N3S/c1-4-5-8(3)6-7(4)2/h6H,3H2,1-2H3. The molecule has 3 nitrogen and oxygen atoms in total. The van der Waals surface area contributed by atoms with Crippen molar-refractivity contribution >= 4 is 22.6 Å². The monoisotopic (exact) mass is 131 g/mol. The molecular formula is C4H9N3S. The summed E-state index contributed by atoms with van der Waals surface area (Å²) in [6, 6.07) is 0. The molecule has 0 radical (unpaired) electrons. The van der Waals surface area contributed by atoms with Crippen LogP contribution in [0.5, 0.6) is 0 Å². The van der Waals surface area contributed by atoms with E-state index in [1.54, 1.807) is 0 Å². The van der Waals surface area contributed by atoms with Crippen LogP contribution >= 0.6 is 10.9 Å². The highest BCUT2D eigenvalue weighted by atomic mass is 32.2. The van der Waals surface area contributed by atoms with Gasteiger partial charge in [0, 0.05) is 17.9 Å². The van der Waals surface area contributed by atoms with E-state index in [-0.39, 0.29) is 10.9 Å². The fourth-order valence-corrected chi connectivity index (χ4v) is 1.40. The number of hydrogen-bond acceptors (Lipinski definition) is 3. The van der Waals surface area contributed by atoms with Crippen LogP contribution < -0.4 is 4.83 Å². The van der Waals surface area contributed by atoms with Crippen molar-refractivity contribution in [2.24, 2.45) is 4.40 Å². The lowest BCUT2D eigenvalue weighted by Gasteiger charge is -2.08. The minimum Gasteiger partial charge on any atom is -0.288 e. The first-order valence-corrected chi connectivity index (χ1v) is 3.64. The maximum atomic E-state index is 4.12. The van der Waals surface area contributed by atoms with Crippen LogP contribution in [0.1, 0.15) is 6.92 Å². The van der Waals surface area contributed by atoms with Crippen molar-refractivity contribution in [2.45, 2.75) is 6.92 Å². The molecule has 46 valence electrons. The largest absolute Gasteiger partial charge is 0.288 e. The van der Waals surface area contributed by atoms with E-state index >= 15 is 0 Å². The lowest BCUT2D eigenvalue weighted by atomic mass is 10.7. The molecule has 1 unspecified atom stereocenters. The maximum Gasteiger partial charge on any atom is 0.125 e. The summed E-state index contributed by atoms with van der Waals surface area (Å²) in [6.07, 6.45) is 0. The summed E-state index contributed by atoms with van der Waals surface area (Å²) < 4.78 is 4.12. The van der Waals surface area contributed by atoms with E-state index in [0.717, 1.165) is 5.84 Å². The Morgan fingerprint density at radius 1 is 1.88 bits per heavy atom. The molecule has 1 aliphatic heterocycles. The third-order valence-corrected chi connectivity index (χ3v) is 1.94. The van der Waals surface area contributed by atoms with Gasteiger partial charge in [0.05, 0.1) is 0 Å². The second kappa shape index (κ2) is 1.87. The molecule has 0 spiro atoms. The minimum atomic E-state index is -0.219. The van der Waals surface area contributed by atoms with E-state index < -0.39 is 0 Å². The van der Waals surface area contributed by atoms with E-state index in [4.69, 9.17) is 0 Å². The summed E-state index contributed by atoms with van der Waals surface area (Å²) in [5.74, 6) is 4.73. The summed E-state index contributed by atoms with van der Waals surface area (Å²) in [7, 11) is 1.71. The maximum absolute atomic E-state index is 4.12. The lowest BCUT2D eigenvalue weighted by Crippen LogP contribution is -2.28. The first-order chi connectivity index (χ1) is 3.70. The van der Waals surface area contributed by atoms with Gasteiger partial charge in [0.2, 0.25) is 0 Å². The van der Waals surface area contributed by atoms with Crippen molar-refractivity contribution in [1.29, 1.82) is 0 Å². The average molecular weight is 131 g/mol. The Labute approximate surface area is 51.6 Å². The second-order valence-electron chi connectivity index (χ2n) is 1.65. The Morgan fingerprint density at radius 2 is 2.50 bits per heavy atom. The highest BCUT2D eigenvalue weighted by Crippen LogP contribution is 2.13. The van der Waals surface area contributed by atoms with Gasteiger partial charge in [-0.05, 0) is 12.8 Å². The van der Waals surface area contributed by atoms with Crippen LogP contribution in [0.3, 0.4) is 0 Å². The summed E-state index contributed by atoms with van der Waals surface area (Å²) in [6.45, 7) is 1.95. The SMILES string of the molecule is C=S1N=C(C)N(C)N1. The van der Waals surface area contributed by atoms with Crippen molar-refractivity contribution in [3.05, 3.63) is 0 Å². The van der Waals surface area contributed by atoms with E-state index in [0.29, 0.717) is 0 Å². The molecule has 1 atom stereocenters. The molecule has 0 amide bonds. The van der Waals surface area contributed by atoms with Gasteiger partial charge >= 0.3 is 0 Å². The third-order valence-electron chi connectivity index (χ3n) is 0.970. The molecule has 1 aliphatic rings. The van der Waals surface area contributed by atoms with Crippen LogP contribution in [-0.2, 0) is 0 Å². The zero-order valence-electron chi connectivity index (χ0n) is 5.01. The van der Waals surface area contributed by atoms with Crippen LogP contribution in [0.25, 0.3) is 0 Å². The fourth-order valence-electron chi connectivity index (χ4n) is 0.465. The van der Waals surface area contributed by atoms with Gasteiger partial charge in [-0.1, -0.05) is 0 Å². The summed E-state index contributed by atoms with van der Waals surface area (Å²) >= 11 is 0. The van der Waals surface area contributed by atoms with Gasteiger partial charge in [-0.3, -0.25) is 5.01 Å². The Balaban J connectivity index is 2.73. The van der Waals surface area contributed by atoms with Crippen molar-refractivity contribution in [2.75, 3.05) is 7.05 Å². The number of hydrazine groups is 1.